The summed E-state index contributed by atoms with van der Waals surface area (Å²) in [6.45, 7) is 1.49. The molecule has 3 aromatic rings. The summed E-state index contributed by atoms with van der Waals surface area (Å²) in [7, 11) is -2.31. The van der Waals surface area contributed by atoms with Crippen molar-refractivity contribution in [3.8, 4) is 22.8 Å². The molecule has 3 aliphatic heterocycles. The van der Waals surface area contributed by atoms with E-state index in [-0.39, 0.29) is 37.7 Å². The number of ether oxygens (including phenoxy) is 2. The highest BCUT2D eigenvalue weighted by Crippen LogP contribution is 2.37. The number of fused-ring (bicyclic) bond motifs is 2. The fourth-order valence-corrected chi connectivity index (χ4v) is 9.88. The predicted octanol–water partition coefficient (Wildman–Crippen LogP) is 6.51. The third kappa shape index (κ3) is 8.59. The first kappa shape index (κ1) is 37.8. The van der Waals surface area contributed by atoms with Crippen LogP contribution in [0, 0.1) is 5.92 Å². The third-order valence-electron chi connectivity index (χ3n) is 11.2. The number of methoxy groups -OCH3 is 1. The van der Waals surface area contributed by atoms with Crippen molar-refractivity contribution in [2.45, 2.75) is 101 Å². The van der Waals surface area contributed by atoms with E-state index in [0.29, 0.717) is 61.5 Å². The fraction of sp³-hybridized carbons (Fsp3) is 0.524. The molecule has 3 unspecified atom stereocenters. The number of sulfonamides is 1. The maximum absolute atomic E-state index is 14.8. The van der Waals surface area contributed by atoms with Gasteiger partial charge in [-0.15, -0.1) is 0 Å². The molecule has 1 aromatic heterocycles. The van der Waals surface area contributed by atoms with Crippen LogP contribution in [-0.2, 0) is 24.4 Å². The lowest BCUT2D eigenvalue weighted by molar-refractivity contribution is -0.146. The molecule has 2 aromatic carbocycles. The summed E-state index contributed by atoms with van der Waals surface area (Å²) in [4.78, 5) is 51.4. The largest absolute Gasteiger partial charge is 0.497 e. The standard InChI is InChI=1S/C42H52N4O7S/c1-52-32-18-21-35-37(26-32)43-36(30-15-10-7-11-16-30)28-39(35)53-33-27-38-42(49)46(54(50,51)34-19-20-34)24-14-6-4-2-3-5-9-17-31(41(48)45(38)29-33)25-40(47)44-22-12-8-13-23-44/h4,6-7,10-11,15-16,18,21,26,28,31,33-34,38H,2-3,5,8-9,12-14,17,19-20,22-25,27,29H2,1H3. The summed E-state index contributed by atoms with van der Waals surface area (Å²) in [6, 6.07) is 16.1. The van der Waals surface area contributed by atoms with Crippen LogP contribution in [0.2, 0.25) is 0 Å². The molecule has 1 aliphatic carbocycles. The van der Waals surface area contributed by atoms with Gasteiger partial charge in [-0.05, 0) is 69.9 Å². The molecule has 4 aliphatic rings. The van der Waals surface area contributed by atoms with Crippen molar-refractivity contribution in [2.24, 2.45) is 5.92 Å². The van der Waals surface area contributed by atoms with Crippen LogP contribution in [-0.4, -0.2) is 95.9 Å². The molecule has 3 atom stereocenters. The van der Waals surface area contributed by atoms with Gasteiger partial charge in [0.2, 0.25) is 21.8 Å². The topological polar surface area (TPSA) is 126 Å². The highest BCUT2D eigenvalue weighted by atomic mass is 32.2. The van der Waals surface area contributed by atoms with Crippen molar-refractivity contribution in [1.29, 1.82) is 0 Å². The van der Waals surface area contributed by atoms with Gasteiger partial charge in [-0.2, -0.15) is 0 Å². The molecule has 54 heavy (non-hydrogen) atoms. The van der Waals surface area contributed by atoms with E-state index in [2.05, 4.69) is 6.08 Å². The summed E-state index contributed by atoms with van der Waals surface area (Å²) in [6.07, 6.45) is 12.0. The molecule has 0 bridgehead atoms. The predicted molar refractivity (Wildman–Crippen MR) is 207 cm³/mol. The number of aromatic nitrogens is 1. The number of pyridine rings is 1. The molecule has 1 saturated carbocycles. The van der Waals surface area contributed by atoms with Gasteiger partial charge in [0, 0.05) is 61.5 Å². The molecule has 3 fully saturated rings. The van der Waals surface area contributed by atoms with Crippen LogP contribution in [0.25, 0.3) is 22.2 Å². The van der Waals surface area contributed by atoms with Gasteiger partial charge in [-0.3, -0.25) is 14.4 Å². The van der Waals surface area contributed by atoms with E-state index in [1.54, 1.807) is 7.11 Å². The molecule has 7 rings (SSSR count). The van der Waals surface area contributed by atoms with E-state index in [1.807, 2.05) is 65.6 Å². The van der Waals surface area contributed by atoms with Crippen LogP contribution in [0.5, 0.6) is 11.5 Å². The maximum atomic E-state index is 14.8. The smallest absolute Gasteiger partial charge is 0.258 e. The second-order valence-corrected chi connectivity index (χ2v) is 17.3. The van der Waals surface area contributed by atoms with E-state index in [4.69, 9.17) is 14.5 Å². The second kappa shape index (κ2) is 16.9. The normalized spacial score (nSPS) is 23.5. The van der Waals surface area contributed by atoms with Gasteiger partial charge in [0.05, 0.1) is 30.1 Å². The van der Waals surface area contributed by atoms with E-state index >= 15 is 0 Å². The number of likely N-dealkylation sites (tertiary alicyclic amines) is 1. The molecule has 11 nitrogen and oxygen atoms in total. The van der Waals surface area contributed by atoms with Crippen molar-refractivity contribution >= 4 is 38.6 Å². The molecular formula is C42H52N4O7S. The van der Waals surface area contributed by atoms with Crippen molar-refractivity contribution in [3.05, 3.63) is 66.7 Å². The van der Waals surface area contributed by atoms with Crippen LogP contribution in [0.15, 0.2) is 66.7 Å². The molecular weight excluding hydrogens is 705 g/mol. The third-order valence-corrected chi connectivity index (χ3v) is 13.5. The summed E-state index contributed by atoms with van der Waals surface area (Å²) in [5, 5.41) is 0.156. The first-order valence-corrected chi connectivity index (χ1v) is 21.2. The van der Waals surface area contributed by atoms with Gasteiger partial charge in [-0.1, -0.05) is 55.3 Å². The minimum absolute atomic E-state index is 0.0202. The van der Waals surface area contributed by atoms with Crippen LogP contribution in [0.1, 0.15) is 83.5 Å². The zero-order valence-electron chi connectivity index (χ0n) is 31.2. The van der Waals surface area contributed by atoms with Crippen LogP contribution in [0.4, 0.5) is 0 Å². The van der Waals surface area contributed by atoms with Crippen molar-refractivity contribution in [2.75, 3.05) is 33.3 Å². The number of allylic oxidation sites excluding steroid dienone is 1. The van der Waals surface area contributed by atoms with E-state index in [0.717, 1.165) is 60.2 Å². The van der Waals surface area contributed by atoms with Crippen LogP contribution in [0.3, 0.4) is 0 Å². The number of carbonyl (C=O) groups excluding carboxylic acids is 3. The number of hydrogen-bond donors (Lipinski definition) is 0. The monoisotopic (exact) mass is 756 g/mol. The minimum atomic E-state index is -3.91. The molecule has 288 valence electrons. The summed E-state index contributed by atoms with van der Waals surface area (Å²) < 4.78 is 41.0. The highest BCUT2D eigenvalue weighted by molar-refractivity contribution is 7.90. The number of nitrogens with zero attached hydrogens (tertiary/aromatic N) is 4. The second-order valence-electron chi connectivity index (χ2n) is 15.1. The van der Waals surface area contributed by atoms with Crippen LogP contribution < -0.4 is 9.47 Å². The number of hydrogen-bond acceptors (Lipinski definition) is 8. The Morgan fingerprint density at radius 3 is 2.37 bits per heavy atom. The Morgan fingerprint density at radius 1 is 0.852 bits per heavy atom. The average molecular weight is 757 g/mol. The summed E-state index contributed by atoms with van der Waals surface area (Å²) >= 11 is 0. The maximum Gasteiger partial charge on any atom is 0.258 e. The van der Waals surface area contributed by atoms with E-state index in [1.165, 1.54) is 4.90 Å². The Balaban J connectivity index is 1.24. The summed E-state index contributed by atoms with van der Waals surface area (Å²) in [5.41, 5.74) is 2.25. The Labute approximate surface area is 318 Å². The van der Waals surface area contributed by atoms with Gasteiger partial charge in [0.1, 0.15) is 23.6 Å². The molecule has 0 N–H and O–H groups in total. The molecule has 0 radical (unpaired) electrons. The first-order valence-electron chi connectivity index (χ1n) is 19.7. The summed E-state index contributed by atoms with van der Waals surface area (Å²) in [5.74, 6) is -0.351. The SMILES string of the molecule is COc1ccc2c(OC3CC4C(=O)N(S(=O)(=O)C5CC5)CCC=CCCCCCC(CC(=O)N5CCCCC5)C(=O)N4C3)cc(-c3ccccc3)nc2c1. The Bertz CT molecular complexity index is 1960. The number of rotatable bonds is 8. The van der Waals surface area contributed by atoms with Crippen molar-refractivity contribution in [3.63, 3.8) is 0 Å². The molecule has 3 amide bonds. The van der Waals surface area contributed by atoms with Gasteiger partial charge in [0.25, 0.3) is 5.91 Å². The Hall–Kier alpha value is -4.45. The fourth-order valence-electron chi connectivity index (χ4n) is 8.06. The lowest BCUT2D eigenvalue weighted by Crippen LogP contribution is -2.52. The highest BCUT2D eigenvalue weighted by Gasteiger charge is 2.49. The Kier molecular flexibility index (Phi) is 11.9. The van der Waals surface area contributed by atoms with Crippen LogP contribution >= 0.6 is 0 Å². The number of benzene rings is 2. The lowest BCUT2D eigenvalue weighted by atomic mass is 9.94. The van der Waals surface area contributed by atoms with Gasteiger partial charge < -0.3 is 19.3 Å². The molecule has 2 saturated heterocycles. The quantitative estimate of drug-likeness (QED) is 0.238. The van der Waals surface area contributed by atoms with Crippen molar-refractivity contribution < 1.29 is 32.3 Å². The van der Waals surface area contributed by atoms with E-state index in [9.17, 15) is 22.8 Å². The zero-order chi connectivity index (χ0) is 37.7. The van der Waals surface area contributed by atoms with Gasteiger partial charge in [0.15, 0.2) is 0 Å². The molecule has 12 heteroatoms. The number of amides is 3. The van der Waals surface area contributed by atoms with Crippen molar-refractivity contribution in [1.82, 2.24) is 19.1 Å². The lowest BCUT2D eigenvalue weighted by Gasteiger charge is -2.33. The van der Waals surface area contributed by atoms with E-state index < -0.39 is 39.2 Å². The Morgan fingerprint density at radius 2 is 1.61 bits per heavy atom. The molecule has 0 spiro atoms. The number of piperidine rings is 1. The zero-order valence-corrected chi connectivity index (χ0v) is 32.1. The minimum Gasteiger partial charge on any atom is -0.497 e. The molecule has 4 heterocycles. The van der Waals surface area contributed by atoms with Gasteiger partial charge in [-0.25, -0.2) is 17.7 Å². The first-order chi connectivity index (χ1) is 26.2. The average Bonchev–Trinajstić information content (AvgIpc) is 3.98. The number of carbonyl (C=O) groups is 3. The van der Waals surface area contributed by atoms with Gasteiger partial charge >= 0.3 is 0 Å².